The summed E-state index contributed by atoms with van der Waals surface area (Å²) in [7, 11) is 0. The molecule has 3 fully saturated rings. The molecular formula is C16H17F6N3S. The molecule has 26 heavy (non-hydrogen) atoms. The van der Waals surface area contributed by atoms with E-state index < -0.39 is 23.5 Å². The minimum Gasteiger partial charge on any atom is -0.358 e. The maximum Gasteiger partial charge on any atom is 0.416 e. The quantitative estimate of drug-likeness (QED) is 0.580. The summed E-state index contributed by atoms with van der Waals surface area (Å²) in [5, 5.41) is 5.53. The summed E-state index contributed by atoms with van der Waals surface area (Å²) in [6.45, 7) is 2.78. The molecule has 3 aliphatic heterocycles. The van der Waals surface area contributed by atoms with Gasteiger partial charge >= 0.3 is 12.4 Å². The Morgan fingerprint density at radius 3 is 1.92 bits per heavy atom. The number of nitrogens with zero attached hydrogens (tertiary/aromatic N) is 1. The van der Waals surface area contributed by atoms with Crippen LogP contribution < -0.4 is 10.6 Å². The second-order valence-electron chi connectivity index (χ2n) is 6.64. The van der Waals surface area contributed by atoms with E-state index in [9.17, 15) is 26.3 Å². The molecule has 0 radical (unpaired) electrons. The average Bonchev–Trinajstić information content (AvgIpc) is 2.54. The molecule has 4 rings (SSSR count). The van der Waals surface area contributed by atoms with E-state index >= 15 is 0 Å². The second-order valence-corrected chi connectivity index (χ2v) is 7.05. The van der Waals surface area contributed by atoms with Crippen LogP contribution >= 0.6 is 12.2 Å². The molecule has 0 spiro atoms. The second kappa shape index (κ2) is 6.88. The first-order chi connectivity index (χ1) is 12.0. The van der Waals surface area contributed by atoms with Crippen molar-refractivity contribution in [2.45, 2.75) is 31.2 Å². The summed E-state index contributed by atoms with van der Waals surface area (Å²) < 4.78 is 77.4. The van der Waals surface area contributed by atoms with Gasteiger partial charge in [-0.15, -0.1) is 0 Å². The van der Waals surface area contributed by atoms with Gasteiger partial charge in [0, 0.05) is 18.3 Å². The van der Waals surface area contributed by atoms with Crippen LogP contribution in [0.25, 0.3) is 0 Å². The number of halogens is 6. The van der Waals surface area contributed by atoms with E-state index in [1.54, 1.807) is 0 Å². The van der Waals surface area contributed by atoms with Crippen LogP contribution in [0.5, 0.6) is 0 Å². The van der Waals surface area contributed by atoms with Gasteiger partial charge in [-0.25, -0.2) is 0 Å². The van der Waals surface area contributed by atoms with Crippen LogP contribution in [0.2, 0.25) is 0 Å². The van der Waals surface area contributed by atoms with Crippen molar-refractivity contribution in [1.29, 1.82) is 0 Å². The van der Waals surface area contributed by atoms with E-state index in [2.05, 4.69) is 15.5 Å². The van der Waals surface area contributed by atoms with Crippen molar-refractivity contribution in [1.82, 2.24) is 10.2 Å². The minimum atomic E-state index is -4.89. The lowest BCUT2D eigenvalue weighted by atomic mass is 9.84. The van der Waals surface area contributed by atoms with E-state index in [-0.39, 0.29) is 22.9 Å². The molecule has 3 nitrogen and oxygen atoms in total. The third-order valence-electron chi connectivity index (χ3n) is 4.82. The zero-order valence-electron chi connectivity index (χ0n) is 13.5. The number of nitrogens with one attached hydrogen (secondary N) is 2. The SMILES string of the molecule is FC(F)(F)c1cc(NC(=S)N[C@@H]2CN3CCC2CC3)cc(C(F)(F)F)c1. The van der Waals surface area contributed by atoms with E-state index in [0.29, 0.717) is 18.1 Å². The van der Waals surface area contributed by atoms with Crippen molar-refractivity contribution in [3.05, 3.63) is 29.3 Å². The molecule has 144 valence electrons. The Hall–Kier alpha value is -1.55. The number of anilines is 1. The van der Waals surface area contributed by atoms with Gasteiger partial charge in [0.2, 0.25) is 0 Å². The first-order valence-corrected chi connectivity index (χ1v) is 8.52. The molecule has 1 aromatic carbocycles. The molecule has 1 aromatic rings. The normalized spacial score (nSPS) is 25.8. The predicted molar refractivity (Wildman–Crippen MR) is 88.8 cm³/mol. The van der Waals surface area contributed by atoms with Gasteiger partial charge in [-0.3, -0.25) is 0 Å². The molecular weight excluding hydrogens is 380 g/mol. The highest BCUT2D eigenvalue weighted by Gasteiger charge is 2.37. The van der Waals surface area contributed by atoms with Gasteiger partial charge in [0.05, 0.1) is 11.1 Å². The van der Waals surface area contributed by atoms with Crippen molar-refractivity contribution in [2.75, 3.05) is 25.0 Å². The lowest BCUT2D eigenvalue weighted by molar-refractivity contribution is -0.143. The first-order valence-electron chi connectivity index (χ1n) is 8.12. The number of alkyl halides is 6. The molecule has 2 N–H and O–H groups in total. The van der Waals surface area contributed by atoms with Crippen LogP contribution in [0, 0.1) is 5.92 Å². The van der Waals surface area contributed by atoms with Crippen LogP contribution in [-0.2, 0) is 12.4 Å². The summed E-state index contributed by atoms with van der Waals surface area (Å²) in [5.74, 6) is 0.409. The number of hydrogen-bond acceptors (Lipinski definition) is 2. The van der Waals surface area contributed by atoms with Crippen molar-refractivity contribution in [2.24, 2.45) is 5.92 Å². The van der Waals surface area contributed by atoms with Crippen LogP contribution in [0.1, 0.15) is 24.0 Å². The van der Waals surface area contributed by atoms with Crippen molar-refractivity contribution in [3.8, 4) is 0 Å². The number of thiocarbonyl (C=S) groups is 1. The monoisotopic (exact) mass is 397 g/mol. The smallest absolute Gasteiger partial charge is 0.358 e. The van der Waals surface area contributed by atoms with Crippen molar-refractivity contribution < 1.29 is 26.3 Å². The molecule has 3 saturated heterocycles. The highest BCUT2D eigenvalue weighted by atomic mass is 32.1. The largest absolute Gasteiger partial charge is 0.416 e. The molecule has 3 aliphatic rings. The summed E-state index contributed by atoms with van der Waals surface area (Å²) in [5.41, 5.74) is -3.09. The molecule has 10 heteroatoms. The van der Waals surface area contributed by atoms with Gasteiger partial charge < -0.3 is 15.5 Å². The molecule has 2 bridgehead atoms. The number of piperidine rings is 3. The van der Waals surface area contributed by atoms with Crippen LogP contribution in [0.4, 0.5) is 32.0 Å². The molecule has 0 unspecified atom stereocenters. The Labute approximate surface area is 151 Å². The molecule has 0 aliphatic carbocycles. The maximum atomic E-state index is 12.9. The number of fused-ring (bicyclic) bond motifs is 3. The fourth-order valence-corrected chi connectivity index (χ4v) is 3.76. The van der Waals surface area contributed by atoms with Gasteiger partial charge in [-0.05, 0) is 62.3 Å². The van der Waals surface area contributed by atoms with E-state index in [1.807, 2.05) is 0 Å². The fourth-order valence-electron chi connectivity index (χ4n) is 3.49. The van der Waals surface area contributed by atoms with E-state index in [0.717, 1.165) is 32.5 Å². The number of rotatable bonds is 2. The third-order valence-corrected chi connectivity index (χ3v) is 5.04. The first kappa shape index (κ1) is 19.2. The third kappa shape index (κ3) is 4.40. The number of benzene rings is 1. The zero-order chi connectivity index (χ0) is 19.1. The number of hydrogen-bond donors (Lipinski definition) is 2. The summed E-state index contributed by atoms with van der Waals surface area (Å²) in [6, 6.07) is 1.39. The van der Waals surface area contributed by atoms with Gasteiger partial charge in [0.1, 0.15) is 0 Å². The average molecular weight is 397 g/mol. The van der Waals surface area contributed by atoms with Gasteiger partial charge in [0.15, 0.2) is 5.11 Å². The van der Waals surface area contributed by atoms with Crippen LogP contribution in [-0.4, -0.2) is 35.7 Å². The fraction of sp³-hybridized carbons (Fsp3) is 0.562. The molecule has 0 saturated carbocycles. The Kier molecular flexibility index (Phi) is 5.08. The summed E-state index contributed by atoms with van der Waals surface area (Å²) >= 11 is 5.10. The van der Waals surface area contributed by atoms with E-state index in [4.69, 9.17) is 12.2 Å². The minimum absolute atomic E-state index is 0.0243. The highest BCUT2D eigenvalue weighted by Crippen LogP contribution is 2.37. The molecule has 3 heterocycles. The predicted octanol–water partition coefficient (Wildman–Crippen LogP) is 4.10. The molecule has 0 aromatic heterocycles. The van der Waals surface area contributed by atoms with Crippen molar-refractivity contribution >= 4 is 23.0 Å². The maximum absolute atomic E-state index is 12.9. The van der Waals surface area contributed by atoms with Gasteiger partial charge in [-0.2, -0.15) is 26.3 Å². The lowest BCUT2D eigenvalue weighted by Crippen LogP contribution is -2.57. The Morgan fingerprint density at radius 2 is 1.50 bits per heavy atom. The van der Waals surface area contributed by atoms with Gasteiger partial charge in [0.25, 0.3) is 0 Å². The molecule has 1 atom stereocenters. The van der Waals surface area contributed by atoms with E-state index in [1.165, 1.54) is 0 Å². The van der Waals surface area contributed by atoms with Gasteiger partial charge in [-0.1, -0.05) is 0 Å². The summed E-state index contributed by atoms with van der Waals surface area (Å²) in [6.07, 6.45) is -7.77. The van der Waals surface area contributed by atoms with Crippen molar-refractivity contribution in [3.63, 3.8) is 0 Å². The molecule has 0 amide bonds. The Morgan fingerprint density at radius 1 is 0.962 bits per heavy atom. The van der Waals surface area contributed by atoms with Crippen LogP contribution in [0.3, 0.4) is 0 Å². The Balaban J connectivity index is 1.75. The lowest BCUT2D eigenvalue weighted by Gasteiger charge is -2.45. The standard InChI is InChI=1S/C16H17F6N3S/c17-15(18,19)10-5-11(16(20,21)22)7-12(6-10)23-14(26)24-13-8-25-3-1-9(13)2-4-25/h5-7,9,13H,1-4,8H2,(H2,23,24,26)/t13-/m1/s1. The summed E-state index contributed by atoms with van der Waals surface area (Å²) in [4.78, 5) is 2.26. The topological polar surface area (TPSA) is 27.3 Å². The van der Waals surface area contributed by atoms with Crippen LogP contribution in [0.15, 0.2) is 18.2 Å². The highest BCUT2D eigenvalue weighted by molar-refractivity contribution is 7.80. The zero-order valence-corrected chi connectivity index (χ0v) is 14.4. The Bertz CT molecular complexity index is 647.